The van der Waals surface area contributed by atoms with Crippen LogP contribution in [0.5, 0.6) is 17.5 Å². The number of thiophene rings is 1. The topological polar surface area (TPSA) is 151 Å². The van der Waals surface area contributed by atoms with Gasteiger partial charge in [0.1, 0.15) is 17.2 Å². The van der Waals surface area contributed by atoms with E-state index in [2.05, 4.69) is 15.3 Å². The maximum absolute atomic E-state index is 12.8. The third-order valence-corrected chi connectivity index (χ3v) is 8.35. The Morgan fingerprint density at radius 1 is 1.19 bits per heavy atom. The second-order valence-electron chi connectivity index (χ2n) is 6.87. The lowest BCUT2D eigenvalue weighted by Crippen LogP contribution is -2.30. The highest BCUT2D eigenvalue weighted by Gasteiger charge is 2.29. The maximum atomic E-state index is 12.8. The zero-order valence-electron chi connectivity index (χ0n) is 18.1. The van der Waals surface area contributed by atoms with Crippen LogP contribution in [0.1, 0.15) is 38.7 Å². The standard InChI is InChI=1S/C20H26N4O6S2/c1-5-12(14-9-8-11(4)30-14)21-15-16(19(27)23-18(15)26)22-13-10-31-20(17(13)25)32(28,29)24(6-2)7-3/h8-10,22-23,25-27H,5-7H2,1-4H3. The van der Waals surface area contributed by atoms with Gasteiger partial charge in [-0.25, -0.2) is 13.4 Å². The lowest BCUT2D eigenvalue weighted by atomic mass is 10.2. The molecular formula is C20H26N4O6S2. The van der Waals surface area contributed by atoms with Gasteiger partial charge < -0.3 is 25.1 Å². The van der Waals surface area contributed by atoms with E-state index >= 15 is 0 Å². The number of aliphatic imine (C=N–C) groups is 1. The van der Waals surface area contributed by atoms with E-state index < -0.39 is 27.5 Å². The third kappa shape index (κ3) is 4.33. The fraction of sp³-hybridized carbons (Fsp3) is 0.350. The monoisotopic (exact) mass is 482 g/mol. The van der Waals surface area contributed by atoms with Gasteiger partial charge in [0, 0.05) is 18.5 Å². The first-order valence-corrected chi connectivity index (χ1v) is 12.3. The van der Waals surface area contributed by atoms with E-state index in [4.69, 9.17) is 4.42 Å². The molecular weight excluding hydrogens is 456 g/mol. The summed E-state index contributed by atoms with van der Waals surface area (Å²) in [6.45, 7) is 7.60. The molecule has 3 aromatic rings. The van der Waals surface area contributed by atoms with Gasteiger partial charge in [-0.1, -0.05) is 20.8 Å². The van der Waals surface area contributed by atoms with Gasteiger partial charge in [0.25, 0.3) is 10.0 Å². The summed E-state index contributed by atoms with van der Waals surface area (Å²) in [5, 5.41) is 35.3. The SMILES string of the molecule is CCC(=Nc1c(O)[nH]c(O)c1Nc1csc(S(=O)(=O)N(CC)CC)c1O)c1ccc(C)o1. The normalized spacial score (nSPS) is 12.6. The summed E-state index contributed by atoms with van der Waals surface area (Å²) in [6, 6.07) is 3.54. The fourth-order valence-corrected chi connectivity index (χ4v) is 5.98. The summed E-state index contributed by atoms with van der Waals surface area (Å²) < 4.78 is 32.2. The zero-order chi connectivity index (χ0) is 23.6. The number of furan rings is 1. The summed E-state index contributed by atoms with van der Waals surface area (Å²) in [5.41, 5.74) is 0.553. The lowest BCUT2D eigenvalue weighted by Gasteiger charge is -2.17. The van der Waals surface area contributed by atoms with Gasteiger partial charge in [0.05, 0.1) is 11.4 Å². The minimum absolute atomic E-state index is 0.00727. The highest BCUT2D eigenvalue weighted by Crippen LogP contribution is 2.47. The van der Waals surface area contributed by atoms with Crippen molar-refractivity contribution in [3.8, 4) is 17.5 Å². The largest absolute Gasteiger partial charge is 0.504 e. The number of aromatic nitrogens is 1. The van der Waals surface area contributed by atoms with Gasteiger partial charge in [-0.15, -0.1) is 11.3 Å². The van der Waals surface area contributed by atoms with E-state index in [1.165, 1.54) is 9.69 Å². The summed E-state index contributed by atoms with van der Waals surface area (Å²) >= 11 is 0.851. The van der Waals surface area contributed by atoms with Crippen LogP contribution in [0.25, 0.3) is 0 Å². The molecule has 0 saturated carbocycles. The number of aromatic amines is 1. The fourth-order valence-electron chi connectivity index (χ4n) is 3.15. The average molecular weight is 483 g/mol. The van der Waals surface area contributed by atoms with Crippen LogP contribution in [0.4, 0.5) is 17.1 Å². The van der Waals surface area contributed by atoms with Crippen molar-refractivity contribution in [2.75, 3.05) is 18.4 Å². The molecule has 0 fully saturated rings. The van der Waals surface area contributed by atoms with E-state index in [-0.39, 0.29) is 34.4 Å². The quantitative estimate of drug-likeness (QED) is 0.283. The molecule has 10 nitrogen and oxygen atoms in total. The molecule has 0 bridgehead atoms. The molecule has 0 aliphatic rings. The number of hydrogen-bond donors (Lipinski definition) is 5. The molecule has 0 amide bonds. The highest BCUT2D eigenvalue weighted by molar-refractivity contribution is 7.91. The Labute approximate surface area is 189 Å². The number of hydrogen-bond acceptors (Lipinski definition) is 9. The number of rotatable bonds is 9. The van der Waals surface area contributed by atoms with Crippen LogP contribution >= 0.6 is 11.3 Å². The van der Waals surface area contributed by atoms with Crippen molar-refractivity contribution in [3.05, 3.63) is 29.0 Å². The first kappa shape index (κ1) is 23.7. The van der Waals surface area contributed by atoms with E-state index in [0.717, 1.165) is 11.3 Å². The molecule has 32 heavy (non-hydrogen) atoms. The Kier molecular flexibility index (Phi) is 6.86. The first-order chi connectivity index (χ1) is 15.1. The number of H-pyrrole nitrogens is 1. The van der Waals surface area contributed by atoms with E-state index in [9.17, 15) is 23.7 Å². The smallest absolute Gasteiger partial charge is 0.256 e. The molecule has 174 valence electrons. The molecule has 0 saturated heterocycles. The molecule has 3 heterocycles. The second-order valence-corrected chi connectivity index (χ2v) is 9.88. The van der Waals surface area contributed by atoms with Crippen LogP contribution in [0, 0.1) is 6.92 Å². The minimum atomic E-state index is -3.87. The van der Waals surface area contributed by atoms with Crippen LogP contribution in [-0.4, -0.2) is 51.8 Å². The van der Waals surface area contributed by atoms with Crippen molar-refractivity contribution < 1.29 is 28.2 Å². The lowest BCUT2D eigenvalue weighted by molar-refractivity contribution is 0.426. The number of nitrogens with one attached hydrogen (secondary N) is 2. The van der Waals surface area contributed by atoms with Crippen molar-refractivity contribution in [2.24, 2.45) is 4.99 Å². The molecule has 0 unspecified atom stereocenters. The van der Waals surface area contributed by atoms with Crippen molar-refractivity contribution in [3.63, 3.8) is 0 Å². The van der Waals surface area contributed by atoms with Crippen molar-refractivity contribution >= 4 is 44.1 Å². The molecule has 0 aliphatic heterocycles. The average Bonchev–Trinajstić information content (AvgIpc) is 3.40. The van der Waals surface area contributed by atoms with Gasteiger partial charge in [-0.3, -0.25) is 4.98 Å². The van der Waals surface area contributed by atoms with Gasteiger partial charge in [-0.2, -0.15) is 4.31 Å². The van der Waals surface area contributed by atoms with Crippen LogP contribution in [-0.2, 0) is 10.0 Å². The van der Waals surface area contributed by atoms with Gasteiger partial charge in [-0.05, 0) is 25.5 Å². The van der Waals surface area contributed by atoms with Crippen molar-refractivity contribution in [1.29, 1.82) is 0 Å². The van der Waals surface area contributed by atoms with Gasteiger partial charge in [0.15, 0.2) is 15.6 Å². The molecule has 5 N–H and O–H groups in total. The van der Waals surface area contributed by atoms with Crippen molar-refractivity contribution in [2.45, 2.75) is 38.3 Å². The number of nitrogens with zero attached hydrogens (tertiary/aromatic N) is 2. The molecule has 0 aromatic carbocycles. The van der Waals surface area contributed by atoms with Crippen LogP contribution < -0.4 is 5.32 Å². The second kappa shape index (κ2) is 9.27. The molecule has 12 heteroatoms. The van der Waals surface area contributed by atoms with Crippen LogP contribution in [0.2, 0.25) is 0 Å². The molecule has 3 aromatic heterocycles. The zero-order valence-corrected chi connectivity index (χ0v) is 19.8. The summed E-state index contributed by atoms with van der Waals surface area (Å²) in [5.74, 6) is -0.0851. The summed E-state index contributed by atoms with van der Waals surface area (Å²) in [6.07, 6.45) is 0.480. The van der Waals surface area contributed by atoms with Crippen LogP contribution in [0.3, 0.4) is 0 Å². The van der Waals surface area contributed by atoms with Gasteiger partial charge in [0.2, 0.25) is 11.8 Å². The molecule has 0 aliphatic carbocycles. The van der Waals surface area contributed by atoms with Crippen LogP contribution in [0.15, 0.2) is 31.1 Å². The Bertz CT molecular complexity index is 1240. The van der Waals surface area contributed by atoms with Crippen molar-refractivity contribution in [1.82, 2.24) is 9.29 Å². The maximum Gasteiger partial charge on any atom is 0.256 e. The summed E-state index contributed by atoms with van der Waals surface area (Å²) in [7, 11) is -3.87. The molecule has 0 atom stereocenters. The Morgan fingerprint density at radius 2 is 1.88 bits per heavy atom. The molecule has 0 spiro atoms. The third-order valence-electron chi connectivity index (χ3n) is 4.81. The van der Waals surface area contributed by atoms with E-state index in [0.29, 0.717) is 23.7 Å². The number of sulfonamides is 1. The highest BCUT2D eigenvalue weighted by atomic mass is 32.2. The predicted molar refractivity (Wildman–Crippen MR) is 123 cm³/mol. The minimum Gasteiger partial charge on any atom is -0.504 e. The van der Waals surface area contributed by atoms with Gasteiger partial charge >= 0.3 is 0 Å². The molecule has 3 rings (SSSR count). The molecule has 0 radical (unpaired) electrons. The number of anilines is 2. The number of aromatic hydroxyl groups is 3. The summed E-state index contributed by atoms with van der Waals surface area (Å²) in [4.78, 5) is 6.81. The Morgan fingerprint density at radius 3 is 2.44 bits per heavy atom. The number of aryl methyl sites for hydroxylation is 1. The van der Waals surface area contributed by atoms with E-state index in [1.54, 1.807) is 32.9 Å². The Hall–Kier alpha value is -2.96. The predicted octanol–water partition coefficient (Wildman–Crippen LogP) is 4.40. The first-order valence-electron chi connectivity index (χ1n) is 9.99. The Balaban J connectivity index is 2.02. The van der Waals surface area contributed by atoms with E-state index in [1.807, 2.05) is 6.92 Å².